The molecule has 0 heterocycles. The van der Waals surface area contributed by atoms with Gasteiger partial charge in [-0.15, -0.1) is 0 Å². The summed E-state index contributed by atoms with van der Waals surface area (Å²) >= 11 is 12.6. The molecule has 0 fully saturated rings. The maximum atomic E-state index is 13.1. The Morgan fingerprint density at radius 2 is 1.71 bits per heavy atom. The van der Waals surface area contributed by atoms with E-state index in [9.17, 15) is 9.59 Å². The zero-order valence-electron chi connectivity index (χ0n) is 16.2. The van der Waals surface area contributed by atoms with Crippen molar-refractivity contribution in [2.75, 3.05) is 13.7 Å². The van der Waals surface area contributed by atoms with Crippen LogP contribution in [0.2, 0.25) is 10.0 Å². The van der Waals surface area contributed by atoms with Gasteiger partial charge in [0.15, 0.2) is 0 Å². The minimum absolute atomic E-state index is 0.145. The van der Waals surface area contributed by atoms with E-state index in [0.717, 1.165) is 5.56 Å². The van der Waals surface area contributed by atoms with Crippen LogP contribution < -0.4 is 10.1 Å². The number of rotatable bonds is 8. The third-order valence-electron chi connectivity index (χ3n) is 4.42. The summed E-state index contributed by atoms with van der Waals surface area (Å²) in [6, 6.07) is 11.7. The van der Waals surface area contributed by atoms with Gasteiger partial charge in [0.2, 0.25) is 11.8 Å². The molecule has 1 atom stereocenters. The Morgan fingerprint density at radius 3 is 2.25 bits per heavy atom. The quantitative estimate of drug-likeness (QED) is 0.696. The highest BCUT2D eigenvalue weighted by Crippen LogP contribution is 2.27. The van der Waals surface area contributed by atoms with Crippen molar-refractivity contribution < 1.29 is 14.3 Å². The van der Waals surface area contributed by atoms with E-state index in [1.54, 1.807) is 44.4 Å². The van der Waals surface area contributed by atoms with Crippen molar-refractivity contribution in [3.05, 3.63) is 63.6 Å². The molecule has 2 aromatic carbocycles. The summed E-state index contributed by atoms with van der Waals surface area (Å²) in [4.78, 5) is 27.0. The highest BCUT2D eigenvalue weighted by molar-refractivity contribution is 6.36. The van der Waals surface area contributed by atoms with Gasteiger partial charge in [0.1, 0.15) is 11.8 Å². The largest absolute Gasteiger partial charge is 0.497 e. The Balaban J connectivity index is 2.28. The SMILES string of the molecule is CCNC(=O)[C@H](C)N(Cc1c(Cl)cccc1Cl)C(=O)Cc1ccc(OC)cc1. The van der Waals surface area contributed by atoms with E-state index in [4.69, 9.17) is 27.9 Å². The van der Waals surface area contributed by atoms with Crippen LogP contribution in [0.3, 0.4) is 0 Å². The molecule has 2 rings (SSSR count). The highest BCUT2D eigenvalue weighted by atomic mass is 35.5. The molecule has 7 heteroatoms. The van der Waals surface area contributed by atoms with E-state index in [-0.39, 0.29) is 24.8 Å². The lowest BCUT2D eigenvalue weighted by atomic mass is 10.1. The number of nitrogens with one attached hydrogen (secondary N) is 1. The number of hydrogen-bond acceptors (Lipinski definition) is 3. The van der Waals surface area contributed by atoms with E-state index in [1.807, 2.05) is 19.1 Å². The van der Waals surface area contributed by atoms with Gasteiger partial charge in [-0.25, -0.2) is 0 Å². The average Bonchev–Trinajstić information content (AvgIpc) is 2.68. The standard InChI is InChI=1S/C21H24Cl2N2O3/c1-4-24-21(27)14(2)25(13-17-18(22)6-5-7-19(17)23)20(26)12-15-8-10-16(28-3)11-9-15/h5-11,14H,4,12-13H2,1-3H3,(H,24,27)/t14-/m0/s1. The molecule has 0 spiro atoms. The third kappa shape index (κ3) is 5.63. The van der Waals surface area contributed by atoms with Gasteiger partial charge in [0, 0.05) is 28.7 Å². The fourth-order valence-electron chi connectivity index (χ4n) is 2.78. The predicted molar refractivity (Wildman–Crippen MR) is 112 cm³/mol. The number of hydrogen-bond donors (Lipinski definition) is 1. The van der Waals surface area contributed by atoms with E-state index in [2.05, 4.69) is 5.32 Å². The number of benzene rings is 2. The number of halogens is 2. The Labute approximate surface area is 175 Å². The number of likely N-dealkylation sites (N-methyl/N-ethyl adjacent to an activating group) is 1. The maximum Gasteiger partial charge on any atom is 0.242 e. The molecule has 0 aliphatic rings. The molecule has 0 saturated carbocycles. The predicted octanol–water partition coefficient (Wildman–Crippen LogP) is 4.10. The summed E-state index contributed by atoms with van der Waals surface area (Å²) in [5.74, 6) is 0.292. The van der Waals surface area contributed by atoms with Gasteiger partial charge in [0.05, 0.1) is 13.5 Å². The van der Waals surface area contributed by atoms with Crippen molar-refractivity contribution in [3.8, 4) is 5.75 Å². The zero-order chi connectivity index (χ0) is 20.7. The summed E-state index contributed by atoms with van der Waals surface area (Å²) in [6.07, 6.45) is 0.149. The van der Waals surface area contributed by atoms with Gasteiger partial charge in [-0.3, -0.25) is 9.59 Å². The van der Waals surface area contributed by atoms with Crippen LogP contribution in [0.4, 0.5) is 0 Å². The van der Waals surface area contributed by atoms with Crippen molar-refractivity contribution in [2.45, 2.75) is 32.9 Å². The van der Waals surface area contributed by atoms with Crippen LogP contribution in [0.5, 0.6) is 5.75 Å². The highest BCUT2D eigenvalue weighted by Gasteiger charge is 2.27. The molecule has 0 aliphatic carbocycles. The lowest BCUT2D eigenvalue weighted by molar-refractivity contribution is -0.140. The molecule has 0 radical (unpaired) electrons. The summed E-state index contributed by atoms with van der Waals surface area (Å²) in [7, 11) is 1.59. The summed E-state index contributed by atoms with van der Waals surface area (Å²) < 4.78 is 5.15. The zero-order valence-corrected chi connectivity index (χ0v) is 17.7. The van der Waals surface area contributed by atoms with Crippen LogP contribution in [0.25, 0.3) is 0 Å². The van der Waals surface area contributed by atoms with Gasteiger partial charge in [-0.2, -0.15) is 0 Å². The molecular formula is C21H24Cl2N2O3. The van der Waals surface area contributed by atoms with E-state index in [1.165, 1.54) is 4.90 Å². The molecule has 0 saturated heterocycles. The Bertz CT molecular complexity index is 805. The number of amides is 2. The van der Waals surface area contributed by atoms with E-state index >= 15 is 0 Å². The van der Waals surface area contributed by atoms with Crippen LogP contribution in [0, 0.1) is 0 Å². The second-order valence-corrected chi connectivity index (χ2v) is 7.13. The second kappa shape index (κ2) is 10.3. The molecule has 28 heavy (non-hydrogen) atoms. The third-order valence-corrected chi connectivity index (χ3v) is 5.13. The first-order valence-corrected chi connectivity index (χ1v) is 9.76. The molecule has 2 amide bonds. The average molecular weight is 423 g/mol. The van der Waals surface area contributed by atoms with E-state index in [0.29, 0.717) is 27.9 Å². The van der Waals surface area contributed by atoms with Crippen molar-refractivity contribution in [1.82, 2.24) is 10.2 Å². The lowest BCUT2D eigenvalue weighted by Crippen LogP contribution is -2.48. The smallest absolute Gasteiger partial charge is 0.242 e. The van der Waals surface area contributed by atoms with Crippen LogP contribution >= 0.6 is 23.2 Å². The number of ether oxygens (including phenoxy) is 1. The van der Waals surface area contributed by atoms with Crippen LogP contribution in [-0.2, 0) is 22.6 Å². The second-order valence-electron chi connectivity index (χ2n) is 6.32. The number of carbonyl (C=O) groups excluding carboxylic acids is 2. The molecule has 5 nitrogen and oxygen atoms in total. The fraction of sp³-hybridized carbons (Fsp3) is 0.333. The summed E-state index contributed by atoms with van der Waals surface area (Å²) in [5.41, 5.74) is 1.44. The topological polar surface area (TPSA) is 58.6 Å². The van der Waals surface area contributed by atoms with Gasteiger partial charge in [0.25, 0.3) is 0 Å². The number of carbonyl (C=O) groups is 2. The minimum atomic E-state index is -0.668. The number of nitrogens with zero attached hydrogens (tertiary/aromatic N) is 1. The lowest BCUT2D eigenvalue weighted by Gasteiger charge is -2.29. The van der Waals surface area contributed by atoms with Gasteiger partial charge in [-0.05, 0) is 43.7 Å². The Kier molecular flexibility index (Phi) is 8.15. The normalized spacial score (nSPS) is 11.6. The van der Waals surface area contributed by atoms with Gasteiger partial charge in [-0.1, -0.05) is 41.4 Å². The minimum Gasteiger partial charge on any atom is -0.497 e. The maximum absolute atomic E-state index is 13.1. The Morgan fingerprint density at radius 1 is 1.11 bits per heavy atom. The molecule has 0 aromatic heterocycles. The van der Waals surface area contributed by atoms with Crippen LogP contribution in [-0.4, -0.2) is 36.4 Å². The summed E-state index contributed by atoms with van der Waals surface area (Å²) in [6.45, 7) is 4.16. The Hall–Kier alpha value is -2.24. The van der Waals surface area contributed by atoms with Gasteiger partial charge < -0.3 is 15.0 Å². The van der Waals surface area contributed by atoms with E-state index < -0.39 is 6.04 Å². The summed E-state index contributed by atoms with van der Waals surface area (Å²) in [5, 5.41) is 3.67. The molecular weight excluding hydrogens is 399 g/mol. The monoisotopic (exact) mass is 422 g/mol. The van der Waals surface area contributed by atoms with Crippen molar-refractivity contribution in [2.24, 2.45) is 0 Å². The molecule has 1 N–H and O–H groups in total. The molecule has 0 aliphatic heterocycles. The van der Waals surface area contributed by atoms with Crippen molar-refractivity contribution >= 4 is 35.0 Å². The van der Waals surface area contributed by atoms with Crippen molar-refractivity contribution in [1.29, 1.82) is 0 Å². The first-order valence-electron chi connectivity index (χ1n) is 9.00. The van der Waals surface area contributed by atoms with Crippen LogP contribution in [0.1, 0.15) is 25.0 Å². The molecule has 0 unspecified atom stereocenters. The van der Waals surface area contributed by atoms with Gasteiger partial charge >= 0.3 is 0 Å². The van der Waals surface area contributed by atoms with Crippen molar-refractivity contribution in [3.63, 3.8) is 0 Å². The molecule has 150 valence electrons. The first kappa shape index (κ1) is 22.1. The fourth-order valence-corrected chi connectivity index (χ4v) is 3.29. The number of methoxy groups -OCH3 is 1. The molecule has 0 bridgehead atoms. The first-order chi connectivity index (χ1) is 13.4. The molecule has 2 aromatic rings. The van der Waals surface area contributed by atoms with Crippen LogP contribution in [0.15, 0.2) is 42.5 Å².